The molecule has 34 heavy (non-hydrogen) atoms. The minimum absolute atomic E-state index is 0.0551. The zero-order chi connectivity index (χ0) is 23.6. The second-order valence-electron chi connectivity index (χ2n) is 9.93. The van der Waals surface area contributed by atoms with Crippen LogP contribution in [0.5, 0.6) is 0 Å². The van der Waals surface area contributed by atoms with E-state index < -0.39 is 11.1 Å². The molecule has 2 fully saturated rings. The van der Waals surface area contributed by atoms with E-state index in [-0.39, 0.29) is 30.6 Å². The van der Waals surface area contributed by atoms with Crippen LogP contribution >= 0.6 is 0 Å². The van der Waals surface area contributed by atoms with E-state index in [0.29, 0.717) is 30.1 Å². The Morgan fingerprint density at radius 2 is 1.91 bits per heavy atom. The maximum absolute atomic E-state index is 13.5. The first-order valence-electron chi connectivity index (χ1n) is 12.4. The number of nitrogens with one attached hydrogen (secondary N) is 2. The van der Waals surface area contributed by atoms with Crippen molar-refractivity contribution in [1.82, 2.24) is 24.9 Å². The molecule has 0 aliphatic heterocycles. The molecular weight excluding hydrogens is 434 g/mol. The van der Waals surface area contributed by atoms with E-state index in [1.165, 1.54) is 10.6 Å². The normalized spacial score (nSPS) is 23.4. The van der Waals surface area contributed by atoms with Crippen molar-refractivity contribution in [2.75, 3.05) is 6.61 Å². The molecule has 0 bridgehead atoms. The van der Waals surface area contributed by atoms with Gasteiger partial charge in [0.2, 0.25) is 0 Å². The molecule has 5 rings (SSSR count). The van der Waals surface area contributed by atoms with Crippen LogP contribution in [0.1, 0.15) is 81.6 Å². The molecule has 2 heterocycles. The van der Waals surface area contributed by atoms with Crippen LogP contribution in [0.2, 0.25) is 0 Å². The van der Waals surface area contributed by atoms with Crippen molar-refractivity contribution in [2.24, 2.45) is 0 Å². The van der Waals surface area contributed by atoms with Crippen LogP contribution in [0.25, 0.3) is 5.78 Å². The van der Waals surface area contributed by atoms with Gasteiger partial charge in [0.25, 0.3) is 17.2 Å². The first kappa shape index (κ1) is 23.0. The molecule has 1 unspecified atom stereocenters. The van der Waals surface area contributed by atoms with Crippen molar-refractivity contribution in [3.05, 3.63) is 52.2 Å². The molecule has 0 aromatic carbocycles. The van der Waals surface area contributed by atoms with Gasteiger partial charge in [-0.25, -0.2) is 4.98 Å². The molecule has 0 spiro atoms. The summed E-state index contributed by atoms with van der Waals surface area (Å²) in [5, 5.41) is 16.2. The first-order chi connectivity index (χ1) is 16.5. The Labute approximate surface area is 198 Å². The number of ether oxygens (including phenoxy) is 1. The lowest BCUT2D eigenvalue weighted by atomic mass is 9.82. The number of aromatic nitrogens is 4. The topological polar surface area (TPSA) is 122 Å². The molecule has 0 radical (unpaired) electrons. The molecule has 182 valence electrons. The van der Waals surface area contributed by atoms with Gasteiger partial charge in [-0.15, -0.1) is 0 Å². The number of allylic oxidation sites excluding steroid dienone is 4. The molecule has 9 heteroatoms. The molecular formula is C25H33N5O4. The summed E-state index contributed by atoms with van der Waals surface area (Å²) in [6.07, 6.45) is 16.6. The lowest BCUT2D eigenvalue weighted by Gasteiger charge is -2.39. The van der Waals surface area contributed by atoms with E-state index >= 15 is 0 Å². The number of rotatable bonds is 7. The molecule has 2 saturated carbocycles. The zero-order valence-corrected chi connectivity index (χ0v) is 19.5. The smallest absolute Gasteiger partial charge is 0.274 e. The average Bonchev–Trinajstić information content (AvgIpc) is 3.52. The molecule has 1 amide bonds. The average molecular weight is 468 g/mol. The molecule has 0 saturated heterocycles. The number of fused-ring (bicyclic) bond motifs is 1. The van der Waals surface area contributed by atoms with Gasteiger partial charge >= 0.3 is 0 Å². The summed E-state index contributed by atoms with van der Waals surface area (Å²) in [6, 6.07) is 1.44. The Balaban J connectivity index is 1.35. The highest BCUT2D eigenvalue weighted by Gasteiger charge is 2.45. The predicted octanol–water partition coefficient (Wildman–Crippen LogP) is 2.66. The number of aromatic amines is 1. The SMILES string of the molecule is O=C(NC1(CO)CCCC1)C1(OCc2cc(=O)n3[nH]c(C4C=CC=CC4)nc3n2)CCCCC1. The van der Waals surface area contributed by atoms with Gasteiger partial charge in [0.15, 0.2) is 0 Å². The number of carbonyl (C=O) groups is 1. The highest BCUT2D eigenvalue weighted by atomic mass is 16.5. The van der Waals surface area contributed by atoms with Gasteiger partial charge < -0.3 is 15.2 Å². The van der Waals surface area contributed by atoms with Gasteiger partial charge in [0, 0.05) is 12.0 Å². The van der Waals surface area contributed by atoms with Crippen molar-refractivity contribution >= 4 is 11.7 Å². The second-order valence-corrected chi connectivity index (χ2v) is 9.93. The van der Waals surface area contributed by atoms with Crippen LogP contribution in [0, 0.1) is 0 Å². The molecule has 3 N–H and O–H groups in total. The molecule has 3 aliphatic rings. The number of carbonyl (C=O) groups excluding carboxylic acids is 1. The number of amides is 1. The Morgan fingerprint density at radius 1 is 1.15 bits per heavy atom. The Bertz CT molecular complexity index is 1150. The van der Waals surface area contributed by atoms with E-state index in [1.807, 2.05) is 18.2 Å². The number of hydrogen-bond donors (Lipinski definition) is 3. The van der Waals surface area contributed by atoms with Crippen LogP contribution in [-0.2, 0) is 16.1 Å². The fraction of sp³-hybridized carbons (Fsp3) is 0.600. The Kier molecular flexibility index (Phi) is 6.40. The van der Waals surface area contributed by atoms with Gasteiger partial charge in [-0.2, -0.15) is 9.50 Å². The number of H-pyrrole nitrogens is 1. The van der Waals surface area contributed by atoms with Crippen molar-refractivity contribution in [3.8, 4) is 0 Å². The van der Waals surface area contributed by atoms with E-state index in [2.05, 4.69) is 26.5 Å². The van der Waals surface area contributed by atoms with Crippen LogP contribution in [-0.4, -0.2) is 48.3 Å². The highest BCUT2D eigenvalue weighted by Crippen LogP contribution is 2.35. The minimum atomic E-state index is -0.966. The van der Waals surface area contributed by atoms with Crippen molar-refractivity contribution in [3.63, 3.8) is 0 Å². The van der Waals surface area contributed by atoms with Crippen LogP contribution in [0.3, 0.4) is 0 Å². The largest absolute Gasteiger partial charge is 0.394 e. The number of nitrogens with zero attached hydrogens (tertiary/aromatic N) is 3. The maximum atomic E-state index is 13.5. The molecule has 2 aromatic heterocycles. The lowest BCUT2D eigenvalue weighted by Crippen LogP contribution is -2.58. The van der Waals surface area contributed by atoms with E-state index in [9.17, 15) is 14.7 Å². The summed E-state index contributed by atoms with van der Waals surface area (Å²) in [4.78, 5) is 35.3. The van der Waals surface area contributed by atoms with Crippen molar-refractivity contribution in [2.45, 2.75) is 87.9 Å². The van der Waals surface area contributed by atoms with E-state index in [0.717, 1.165) is 51.4 Å². The van der Waals surface area contributed by atoms with Crippen molar-refractivity contribution < 1.29 is 14.6 Å². The fourth-order valence-corrected chi connectivity index (χ4v) is 5.47. The summed E-state index contributed by atoms with van der Waals surface area (Å²) < 4.78 is 7.63. The number of aliphatic hydroxyl groups excluding tert-OH is 1. The van der Waals surface area contributed by atoms with Crippen LogP contribution < -0.4 is 10.9 Å². The van der Waals surface area contributed by atoms with Gasteiger partial charge in [0.05, 0.1) is 24.4 Å². The van der Waals surface area contributed by atoms with Gasteiger partial charge in [-0.1, -0.05) is 56.4 Å². The zero-order valence-electron chi connectivity index (χ0n) is 19.5. The maximum Gasteiger partial charge on any atom is 0.274 e. The molecule has 3 aliphatic carbocycles. The summed E-state index contributed by atoms with van der Waals surface area (Å²) in [5.41, 5.74) is -1.32. The first-order valence-corrected chi connectivity index (χ1v) is 12.4. The minimum Gasteiger partial charge on any atom is -0.394 e. The third kappa shape index (κ3) is 4.46. The third-order valence-corrected chi connectivity index (χ3v) is 7.55. The lowest BCUT2D eigenvalue weighted by molar-refractivity contribution is -0.157. The van der Waals surface area contributed by atoms with Gasteiger partial charge in [0.1, 0.15) is 11.4 Å². The highest BCUT2D eigenvalue weighted by molar-refractivity contribution is 5.86. The molecule has 2 aromatic rings. The standard InChI is InChI=1S/C25H33N5O4/c31-17-24(11-7-8-12-24)28-22(33)25(13-5-2-6-14-25)34-16-19-15-20(32)30-23(26-19)27-21(29-30)18-9-3-1-4-10-18/h1,3-4,9,15,18,31H,2,5-8,10-14,16-17H2,(H,28,33)(H,26,27,29). The van der Waals surface area contributed by atoms with Crippen LogP contribution in [0.15, 0.2) is 35.2 Å². The van der Waals surface area contributed by atoms with Gasteiger partial charge in [-0.05, 0) is 32.1 Å². The van der Waals surface area contributed by atoms with E-state index in [4.69, 9.17) is 4.74 Å². The summed E-state index contributed by atoms with van der Waals surface area (Å²) >= 11 is 0. The van der Waals surface area contributed by atoms with Crippen LogP contribution in [0.4, 0.5) is 0 Å². The summed E-state index contributed by atoms with van der Waals surface area (Å²) in [7, 11) is 0. The third-order valence-electron chi connectivity index (χ3n) is 7.55. The van der Waals surface area contributed by atoms with Crippen molar-refractivity contribution in [1.29, 1.82) is 0 Å². The summed E-state index contributed by atoms with van der Waals surface area (Å²) in [6.45, 7) is -0.00315. The summed E-state index contributed by atoms with van der Waals surface area (Å²) in [5.74, 6) is 0.920. The predicted molar refractivity (Wildman–Crippen MR) is 126 cm³/mol. The van der Waals surface area contributed by atoms with Gasteiger partial charge in [-0.3, -0.25) is 14.7 Å². The quantitative estimate of drug-likeness (QED) is 0.576. The monoisotopic (exact) mass is 467 g/mol. The molecule has 1 atom stereocenters. The van der Waals surface area contributed by atoms with E-state index in [1.54, 1.807) is 0 Å². The Hall–Kier alpha value is -2.78. The fourth-order valence-electron chi connectivity index (χ4n) is 5.47. The second kappa shape index (κ2) is 9.46. The molecule has 9 nitrogen and oxygen atoms in total. The number of aliphatic hydroxyl groups is 1. The Morgan fingerprint density at radius 3 is 2.62 bits per heavy atom. The number of hydrogen-bond acceptors (Lipinski definition) is 6.